The number of benzene rings is 1. The molecule has 0 radical (unpaired) electrons. The van der Waals surface area contributed by atoms with E-state index in [2.05, 4.69) is 27.1 Å². The van der Waals surface area contributed by atoms with Gasteiger partial charge in [-0.25, -0.2) is 13.8 Å². The molecule has 1 aromatic carbocycles. The molecule has 1 aliphatic rings. The van der Waals surface area contributed by atoms with Gasteiger partial charge in [0.05, 0.1) is 17.6 Å². The lowest BCUT2D eigenvalue weighted by atomic mass is 10.1. The van der Waals surface area contributed by atoms with Gasteiger partial charge in [-0.3, -0.25) is 4.79 Å². The molecule has 1 aliphatic heterocycles. The summed E-state index contributed by atoms with van der Waals surface area (Å²) in [6, 6.07) is 7.18. The average molecular weight is 426 g/mol. The number of halogens is 2. The van der Waals surface area contributed by atoms with Gasteiger partial charge in [0.1, 0.15) is 17.3 Å². The fourth-order valence-electron chi connectivity index (χ4n) is 3.62. The number of nitrogen functional groups attached to an aromatic ring is 1. The second-order valence-electron chi connectivity index (χ2n) is 7.73. The van der Waals surface area contributed by atoms with Crippen LogP contribution in [0.3, 0.4) is 0 Å². The van der Waals surface area contributed by atoms with Crippen LogP contribution in [0.4, 0.5) is 31.7 Å². The quantitative estimate of drug-likeness (QED) is 0.625. The standard InChI is InChI=1S/C22H24F2N6O/c1-28-5-7-30(8-6-28)16-3-4-20(26-12-16)27-19-9-14(13-29(2)22(19)31)17-10-15(23)11-18(25)21(17)24/h3-4,9-13H,5-8,25H2,1-2H3,(H,26,27). The molecular weight excluding hydrogens is 402 g/mol. The lowest BCUT2D eigenvalue weighted by Gasteiger charge is -2.33. The number of hydrogen-bond acceptors (Lipinski definition) is 6. The molecule has 3 N–H and O–H groups in total. The second kappa shape index (κ2) is 8.35. The first-order valence-electron chi connectivity index (χ1n) is 9.94. The SMILES string of the molecule is CN1CCN(c2ccc(Nc3cc(-c4cc(F)cc(N)c4F)cn(C)c3=O)nc2)CC1. The molecule has 1 saturated heterocycles. The van der Waals surface area contributed by atoms with Gasteiger partial charge in [-0.2, -0.15) is 0 Å². The van der Waals surface area contributed by atoms with Crippen molar-refractivity contribution in [2.45, 2.75) is 0 Å². The van der Waals surface area contributed by atoms with Crippen molar-refractivity contribution in [1.82, 2.24) is 14.5 Å². The van der Waals surface area contributed by atoms with Crippen LogP contribution in [0.15, 0.2) is 47.5 Å². The molecule has 0 amide bonds. The number of likely N-dealkylation sites (N-methyl/N-ethyl adjacent to an activating group) is 1. The van der Waals surface area contributed by atoms with Crippen molar-refractivity contribution in [3.8, 4) is 11.1 Å². The van der Waals surface area contributed by atoms with Crippen molar-refractivity contribution in [1.29, 1.82) is 0 Å². The summed E-state index contributed by atoms with van der Waals surface area (Å²) in [7, 11) is 3.64. The Kier molecular flexibility index (Phi) is 5.60. The third-order valence-electron chi connectivity index (χ3n) is 5.44. The molecule has 3 aromatic rings. The minimum absolute atomic E-state index is 0.0190. The van der Waals surface area contributed by atoms with E-state index in [1.807, 2.05) is 6.07 Å². The van der Waals surface area contributed by atoms with Gasteiger partial charge in [0.25, 0.3) is 5.56 Å². The smallest absolute Gasteiger partial charge is 0.274 e. The molecule has 31 heavy (non-hydrogen) atoms. The van der Waals surface area contributed by atoms with E-state index in [-0.39, 0.29) is 22.5 Å². The molecule has 7 nitrogen and oxygen atoms in total. The summed E-state index contributed by atoms with van der Waals surface area (Å²) >= 11 is 0. The number of rotatable bonds is 4. The van der Waals surface area contributed by atoms with Gasteiger partial charge in [0, 0.05) is 50.6 Å². The summed E-state index contributed by atoms with van der Waals surface area (Å²) in [5.74, 6) is -0.912. The van der Waals surface area contributed by atoms with Crippen molar-refractivity contribution in [2.75, 3.05) is 49.2 Å². The van der Waals surface area contributed by atoms with E-state index in [1.165, 1.54) is 16.8 Å². The van der Waals surface area contributed by atoms with Crippen LogP contribution >= 0.6 is 0 Å². The van der Waals surface area contributed by atoms with Crippen LogP contribution in [0.5, 0.6) is 0 Å². The van der Waals surface area contributed by atoms with E-state index in [4.69, 9.17) is 5.73 Å². The van der Waals surface area contributed by atoms with Crippen LogP contribution in [-0.2, 0) is 7.05 Å². The Hall–Kier alpha value is -3.46. The van der Waals surface area contributed by atoms with Gasteiger partial charge in [0.2, 0.25) is 0 Å². The summed E-state index contributed by atoms with van der Waals surface area (Å²) in [6.07, 6.45) is 3.20. The number of nitrogens with one attached hydrogen (secondary N) is 1. The fourth-order valence-corrected chi connectivity index (χ4v) is 3.62. The third kappa shape index (κ3) is 4.36. The van der Waals surface area contributed by atoms with Crippen molar-refractivity contribution >= 4 is 22.9 Å². The van der Waals surface area contributed by atoms with E-state index in [0.717, 1.165) is 44.0 Å². The van der Waals surface area contributed by atoms with Gasteiger partial charge in [0.15, 0.2) is 5.82 Å². The Morgan fingerprint density at radius 2 is 1.81 bits per heavy atom. The molecule has 0 saturated carbocycles. The Morgan fingerprint density at radius 1 is 1.06 bits per heavy atom. The molecule has 0 atom stereocenters. The average Bonchev–Trinajstić information content (AvgIpc) is 2.75. The van der Waals surface area contributed by atoms with Gasteiger partial charge < -0.3 is 25.4 Å². The zero-order valence-corrected chi connectivity index (χ0v) is 17.4. The summed E-state index contributed by atoms with van der Waals surface area (Å²) in [4.78, 5) is 21.5. The molecule has 2 aromatic heterocycles. The van der Waals surface area contributed by atoms with Crippen molar-refractivity contribution in [2.24, 2.45) is 7.05 Å². The first kappa shape index (κ1) is 20.8. The largest absolute Gasteiger partial charge is 0.396 e. The van der Waals surface area contributed by atoms with Gasteiger partial charge in [-0.05, 0) is 37.4 Å². The summed E-state index contributed by atoms with van der Waals surface area (Å²) in [6.45, 7) is 3.83. The first-order valence-corrected chi connectivity index (χ1v) is 9.94. The summed E-state index contributed by atoms with van der Waals surface area (Å²) in [5.41, 5.74) is 6.45. The molecule has 0 unspecified atom stereocenters. The molecule has 0 bridgehead atoms. The van der Waals surface area contributed by atoms with Crippen LogP contribution in [-0.4, -0.2) is 47.7 Å². The van der Waals surface area contributed by atoms with Crippen LogP contribution in [0, 0.1) is 11.6 Å². The Morgan fingerprint density at radius 3 is 2.48 bits per heavy atom. The number of nitrogens with zero attached hydrogens (tertiary/aromatic N) is 4. The second-order valence-corrected chi connectivity index (χ2v) is 7.73. The van der Waals surface area contributed by atoms with E-state index in [1.54, 1.807) is 19.3 Å². The Bertz CT molecular complexity index is 1150. The van der Waals surface area contributed by atoms with Gasteiger partial charge >= 0.3 is 0 Å². The maximum atomic E-state index is 14.5. The zero-order chi connectivity index (χ0) is 22.1. The maximum absolute atomic E-state index is 14.5. The first-order chi connectivity index (χ1) is 14.8. The molecule has 3 heterocycles. The highest BCUT2D eigenvalue weighted by Gasteiger charge is 2.16. The van der Waals surface area contributed by atoms with Crippen molar-refractivity contribution in [3.05, 3.63) is 64.7 Å². The minimum Gasteiger partial charge on any atom is -0.396 e. The van der Waals surface area contributed by atoms with E-state index in [9.17, 15) is 13.6 Å². The minimum atomic E-state index is -0.736. The van der Waals surface area contributed by atoms with Crippen molar-refractivity contribution < 1.29 is 8.78 Å². The van der Waals surface area contributed by atoms with E-state index < -0.39 is 11.6 Å². The highest BCUT2D eigenvalue weighted by atomic mass is 19.1. The number of aromatic nitrogens is 2. The molecule has 162 valence electrons. The predicted octanol–water partition coefficient (Wildman–Crippen LogP) is 2.80. The number of anilines is 4. The molecule has 0 aliphatic carbocycles. The van der Waals surface area contributed by atoms with Crippen LogP contribution in [0.2, 0.25) is 0 Å². The number of piperazine rings is 1. The summed E-state index contributed by atoms with van der Waals surface area (Å²) < 4.78 is 29.6. The third-order valence-corrected chi connectivity index (χ3v) is 5.44. The highest BCUT2D eigenvalue weighted by molar-refractivity contribution is 5.72. The van der Waals surface area contributed by atoms with Crippen LogP contribution in [0.1, 0.15) is 0 Å². The van der Waals surface area contributed by atoms with Crippen molar-refractivity contribution in [3.63, 3.8) is 0 Å². The van der Waals surface area contributed by atoms with Gasteiger partial charge in [-0.1, -0.05) is 0 Å². The molecule has 9 heteroatoms. The molecule has 0 spiro atoms. The number of hydrogen-bond donors (Lipinski definition) is 2. The normalized spacial score (nSPS) is 14.6. The Balaban J connectivity index is 1.61. The maximum Gasteiger partial charge on any atom is 0.274 e. The highest BCUT2D eigenvalue weighted by Crippen LogP contribution is 2.29. The Labute approximate surface area is 178 Å². The molecular formula is C22H24F2N6O. The van der Waals surface area contributed by atoms with E-state index in [0.29, 0.717) is 11.4 Å². The van der Waals surface area contributed by atoms with E-state index >= 15 is 0 Å². The summed E-state index contributed by atoms with van der Waals surface area (Å²) in [5, 5.41) is 2.99. The number of pyridine rings is 2. The lowest BCUT2D eigenvalue weighted by molar-refractivity contribution is 0.313. The predicted molar refractivity (Wildman–Crippen MR) is 119 cm³/mol. The number of aryl methyl sites for hydroxylation is 1. The molecule has 1 fully saturated rings. The topological polar surface area (TPSA) is 79.4 Å². The number of nitrogens with two attached hydrogens (primary N) is 1. The molecule has 4 rings (SSSR count). The fraction of sp³-hybridized carbons (Fsp3) is 0.273. The lowest BCUT2D eigenvalue weighted by Crippen LogP contribution is -2.44. The van der Waals surface area contributed by atoms with Gasteiger partial charge in [-0.15, -0.1) is 0 Å². The zero-order valence-electron chi connectivity index (χ0n) is 17.4. The van der Waals surface area contributed by atoms with Crippen LogP contribution in [0.25, 0.3) is 11.1 Å². The van der Waals surface area contributed by atoms with Crippen LogP contribution < -0.4 is 21.5 Å². The monoisotopic (exact) mass is 426 g/mol.